The molecule has 1 aliphatic heterocycles. The van der Waals surface area contributed by atoms with Crippen LogP contribution in [0.2, 0.25) is 0 Å². The van der Waals surface area contributed by atoms with Crippen LogP contribution in [0.15, 0.2) is 30.5 Å². The fourth-order valence-electron chi connectivity index (χ4n) is 2.66. The number of carbonyl (C=O) groups excluding carboxylic acids is 1. The molecule has 1 aromatic heterocycles. The standard InChI is InChI=1S/C15H16F3N5O/c16-15(17,18)11-3-1-2-4-13(11)23-9-12(20-21-23)14(24)22-7-5-10(19)6-8-22/h1-4,9-10H,5-8,19H2. The smallest absolute Gasteiger partial charge is 0.337 e. The van der Waals surface area contributed by atoms with E-state index in [0.29, 0.717) is 25.9 Å². The van der Waals surface area contributed by atoms with Crippen LogP contribution < -0.4 is 5.73 Å². The van der Waals surface area contributed by atoms with Gasteiger partial charge in [-0.3, -0.25) is 4.79 Å². The molecule has 1 saturated heterocycles. The summed E-state index contributed by atoms with van der Waals surface area (Å²) in [5.41, 5.74) is 4.81. The highest BCUT2D eigenvalue weighted by atomic mass is 19.4. The summed E-state index contributed by atoms with van der Waals surface area (Å²) in [5, 5.41) is 7.42. The number of para-hydroxylation sites is 1. The Balaban J connectivity index is 1.85. The van der Waals surface area contributed by atoms with Crippen molar-refractivity contribution in [1.29, 1.82) is 0 Å². The van der Waals surface area contributed by atoms with Gasteiger partial charge >= 0.3 is 6.18 Å². The van der Waals surface area contributed by atoms with Gasteiger partial charge in [-0.05, 0) is 25.0 Å². The minimum absolute atomic E-state index is 0.0162. The number of halogens is 3. The molecule has 2 aromatic rings. The van der Waals surface area contributed by atoms with Crippen molar-refractivity contribution >= 4 is 5.91 Å². The molecule has 0 spiro atoms. The summed E-state index contributed by atoms with van der Waals surface area (Å²) in [6, 6.07) is 5.09. The number of carbonyl (C=O) groups is 1. The highest BCUT2D eigenvalue weighted by Crippen LogP contribution is 2.33. The number of nitrogens with zero attached hydrogens (tertiary/aromatic N) is 4. The Kier molecular flexibility index (Phi) is 4.27. The summed E-state index contributed by atoms with van der Waals surface area (Å²) >= 11 is 0. The third kappa shape index (κ3) is 3.25. The molecule has 1 amide bonds. The van der Waals surface area contributed by atoms with Crippen LogP contribution in [0.1, 0.15) is 28.9 Å². The predicted molar refractivity (Wildman–Crippen MR) is 79.5 cm³/mol. The first-order chi connectivity index (χ1) is 11.4. The molecule has 1 aliphatic rings. The maximum absolute atomic E-state index is 13.1. The SMILES string of the molecule is NC1CCN(C(=O)c2cn(-c3ccccc3C(F)(F)F)nn2)CC1. The van der Waals surface area contributed by atoms with E-state index >= 15 is 0 Å². The molecule has 1 fully saturated rings. The third-order valence-electron chi connectivity index (χ3n) is 4.00. The maximum atomic E-state index is 13.1. The Morgan fingerprint density at radius 3 is 2.54 bits per heavy atom. The molecule has 0 unspecified atom stereocenters. The molecule has 0 bridgehead atoms. The summed E-state index contributed by atoms with van der Waals surface area (Å²) in [7, 11) is 0. The van der Waals surface area contributed by atoms with Crippen molar-refractivity contribution in [2.24, 2.45) is 5.73 Å². The van der Waals surface area contributed by atoms with Crippen molar-refractivity contribution in [2.45, 2.75) is 25.1 Å². The topological polar surface area (TPSA) is 77.0 Å². The molecule has 6 nitrogen and oxygen atoms in total. The van der Waals surface area contributed by atoms with Crippen LogP contribution in [-0.4, -0.2) is 44.9 Å². The van der Waals surface area contributed by atoms with Gasteiger partial charge in [0.25, 0.3) is 5.91 Å². The van der Waals surface area contributed by atoms with Gasteiger partial charge in [-0.2, -0.15) is 13.2 Å². The van der Waals surface area contributed by atoms with Crippen molar-refractivity contribution in [3.05, 3.63) is 41.7 Å². The van der Waals surface area contributed by atoms with Crippen molar-refractivity contribution < 1.29 is 18.0 Å². The quantitative estimate of drug-likeness (QED) is 0.906. The largest absolute Gasteiger partial charge is 0.418 e. The molecule has 2 heterocycles. The molecule has 0 radical (unpaired) electrons. The number of likely N-dealkylation sites (tertiary alicyclic amines) is 1. The normalized spacial score (nSPS) is 16.4. The highest BCUT2D eigenvalue weighted by Gasteiger charge is 2.34. The first-order valence-electron chi connectivity index (χ1n) is 7.50. The summed E-state index contributed by atoms with van der Waals surface area (Å²) in [5.74, 6) is -0.349. The molecular weight excluding hydrogens is 323 g/mol. The lowest BCUT2D eigenvalue weighted by molar-refractivity contribution is -0.137. The number of hydrogen-bond donors (Lipinski definition) is 1. The van der Waals surface area contributed by atoms with E-state index in [9.17, 15) is 18.0 Å². The number of amides is 1. The number of benzene rings is 1. The van der Waals surface area contributed by atoms with Gasteiger partial charge in [-0.25, -0.2) is 4.68 Å². The van der Waals surface area contributed by atoms with Crippen molar-refractivity contribution in [2.75, 3.05) is 13.1 Å². The minimum Gasteiger partial charge on any atom is -0.337 e. The zero-order valence-electron chi connectivity index (χ0n) is 12.7. The lowest BCUT2D eigenvalue weighted by atomic mass is 10.1. The highest BCUT2D eigenvalue weighted by molar-refractivity contribution is 5.92. The van der Waals surface area contributed by atoms with Crippen LogP contribution in [0, 0.1) is 0 Å². The molecule has 2 N–H and O–H groups in total. The van der Waals surface area contributed by atoms with E-state index in [2.05, 4.69) is 10.3 Å². The Bertz CT molecular complexity index is 735. The van der Waals surface area contributed by atoms with E-state index in [1.54, 1.807) is 4.90 Å². The van der Waals surface area contributed by atoms with E-state index < -0.39 is 11.7 Å². The van der Waals surface area contributed by atoms with Crippen LogP contribution in [0.5, 0.6) is 0 Å². The maximum Gasteiger partial charge on any atom is 0.418 e. The van der Waals surface area contributed by atoms with Gasteiger partial charge in [-0.1, -0.05) is 17.3 Å². The average Bonchev–Trinajstić information content (AvgIpc) is 3.04. The average molecular weight is 339 g/mol. The van der Waals surface area contributed by atoms with Gasteiger partial charge in [-0.15, -0.1) is 5.10 Å². The molecule has 9 heteroatoms. The Morgan fingerprint density at radius 1 is 1.21 bits per heavy atom. The Hall–Kier alpha value is -2.42. The number of hydrogen-bond acceptors (Lipinski definition) is 4. The van der Waals surface area contributed by atoms with E-state index in [1.807, 2.05) is 0 Å². The van der Waals surface area contributed by atoms with Gasteiger partial charge in [0, 0.05) is 19.1 Å². The van der Waals surface area contributed by atoms with Gasteiger partial charge in [0.15, 0.2) is 5.69 Å². The van der Waals surface area contributed by atoms with Crippen LogP contribution in [0.4, 0.5) is 13.2 Å². The molecule has 128 valence electrons. The summed E-state index contributed by atoms with van der Waals surface area (Å²) in [6.45, 7) is 1.01. The van der Waals surface area contributed by atoms with E-state index in [4.69, 9.17) is 5.73 Å². The fraction of sp³-hybridized carbons (Fsp3) is 0.400. The van der Waals surface area contributed by atoms with Gasteiger partial charge in [0.1, 0.15) is 0 Å². The zero-order chi connectivity index (χ0) is 17.3. The second-order valence-electron chi connectivity index (χ2n) is 5.69. The number of alkyl halides is 3. The third-order valence-corrected chi connectivity index (χ3v) is 4.00. The Morgan fingerprint density at radius 2 is 1.88 bits per heavy atom. The molecular formula is C15H16F3N5O. The summed E-state index contributed by atoms with van der Waals surface area (Å²) < 4.78 is 40.2. The second kappa shape index (κ2) is 6.23. The number of rotatable bonds is 2. The first kappa shape index (κ1) is 16.4. The lowest BCUT2D eigenvalue weighted by Gasteiger charge is -2.29. The monoisotopic (exact) mass is 339 g/mol. The van der Waals surface area contributed by atoms with Gasteiger partial charge < -0.3 is 10.6 Å². The molecule has 3 rings (SSSR count). The fourth-order valence-corrected chi connectivity index (χ4v) is 2.66. The van der Waals surface area contributed by atoms with E-state index in [1.165, 1.54) is 24.4 Å². The molecule has 0 atom stereocenters. The van der Waals surface area contributed by atoms with Crippen molar-refractivity contribution in [3.63, 3.8) is 0 Å². The van der Waals surface area contributed by atoms with Gasteiger partial charge in [0.05, 0.1) is 17.4 Å². The van der Waals surface area contributed by atoms with Crippen molar-refractivity contribution in [3.8, 4) is 5.69 Å². The molecule has 0 saturated carbocycles. The van der Waals surface area contributed by atoms with Crippen LogP contribution in [0.25, 0.3) is 5.69 Å². The van der Waals surface area contributed by atoms with E-state index in [-0.39, 0.29) is 23.3 Å². The van der Waals surface area contributed by atoms with Crippen LogP contribution >= 0.6 is 0 Å². The Labute approximate surface area is 136 Å². The summed E-state index contributed by atoms with van der Waals surface area (Å²) in [4.78, 5) is 14.0. The minimum atomic E-state index is -4.52. The molecule has 24 heavy (non-hydrogen) atoms. The number of piperidine rings is 1. The first-order valence-corrected chi connectivity index (χ1v) is 7.50. The summed E-state index contributed by atoms with van der Waals surface area (Å²) in [6.07, 6.45) is -1.91. The lowest BCUT2D eigenvalue weighted by Crippen LogP contribution is -2.43. The number of aromatic nitrogens is 3. The zero-order valence-corrected chi connectivity index (χ0v) is 12.7. The predicted octanol–water partition coefficient (Wildman–Crippen LogP) is 1.85. The molecule has 1 aromatic carbocycles. The van der Waals surface area contributed by atoms with Crippen molar-refractivity contribution in [1.82, 2.24) is 19.9 Å². The van der Waals surface area contributed by atoms with Crippen LogP contribution in [-0.2, 0) is 6.18 Å². The second-order valence-corrected chi connectivity index (χ2v) is 5.69. The van der Waals surface area contributed by atoms with E-state index in [0.717, 1.165) is 10.7 Å². The van der Waals surface area contributed by atoms with Gasteiger partial charge in [0.2, 0.25) is 0 Å². The number of nitrogens with two attached hydrogens (primary N) is 1. The molecule has 0 aliphatic carbocycles. The van der Waals surface area contributed by atoms with Crippen LogP contribution in [0.3, 0.4) is 0 Å².